The molecule has 1 N–H and O–H groups in total. The number of ether oxygens (including phenoxy) is 3. The minimum atomic E-state index is -0.694. The summed E-state index contributed by atoms with van der Waals surface area (Å²) in [5, 5.41) is 2.85. The second-order valence-corrected chi connectivity index (χ2v) is 6.42. The van der Waals surface area contributed by atoms with Crippen molar-refractivity contribution in [2.45, 2.75) is 19.6 Å². The Morgan fingerprint density at radius 2 is 1.87 bits per heavy atom. The maximum Gasteiger partial charge on any atom is 0.256 e. The number of methoxy groups -OCH3 is 1. The van der Waals surface area contributed by atoms with Crippen molar-refractivity contribution in [2.75, 3.05) is 12.4 Å². The highest BCUT2D eigenvalue weighted by molar-refractivity contribution is 9.10. The Kier molecular flexibility index (Phi) is 3.93. The lowest BCUT2D eigenvalue weighted by Crippen LogP contribution is -2.29. The molecule has 0 atom stereocenters. The third-order valence-electron chi connectivity index (χ3n) is 3.33. The molecule has 0 fully saturated rings. The van der Waals surface area contributed by atoms with Gasteiger partial charge in [-0.2, -0.15) is 0 Å². The fraction of sp³-hybridized carbons (Fsp3) is 0.235. The van der Waals surface area contributed by atoms with Crippen LogP contribution in [0.15, 0.2) is 40.9 Å². The Labute approximate surface area is 142 Å². The number of carbonyl (C=O) groups is 1. The second kappa shape index (κ2) is 5.77. The van der Waals surface area contributed by atoms with Crippen molar-refractivity contribution in [3.63, 3.8) is 0 Å². The Balaban J connectivity index is 1.82. The van der Waals surface area contributed by atoms with E-state index in [9.17, 15) is 4.79 Å². The lowest BCUT2D eigenvalue weighted by molar-refractivity contribution is -0.0431. The van der Waals surface area contributed by atoms with E-state index in [1.165, 1.54) is 0 Å². The van der Waals surface area contributed by atoms with Gasteiger partial charge in [0.15, 0.2) is 11.5 Å². The first-order chi connectivity index (χ1) is 10.9. The summed E-state index contributed by atoms with van der Waals surface area (Å²) in [6.07, 6.45) is 0. The van der Waals surface area contributed by atoms with Gasteiger partial charge >= 0.3 is 0 Å². The van der Waals surface area contributed by atoms with Crippen molar-refractivity contribution >= 4 is 27.5 Å². The number of hydrogen-bond donors (Lipinski definition) is 1. The van der Waals surface area contributed by atoms with Crippen LogP contribution in [0, 0.1) is 0 Å². The lowest BCUT2D eigenvalue weighted by Gasteiger charge is -2.16. The minimum absolute atomic E-state index is 0.242. The highest BCUT2D eigenvalue weighted by Gasteiger charge is 2.31. The highest BCUT2D eigenvalue weighted by Crippen LogP contribution is 2.40. The predicted octanol–water partition coefficient (Wildman–Crippen LogP) is 4.22. The molecule has 1 aliphatic heterocycles. The van der Waals surface area contributed by atoms with Gasteiger partial charge in [-0.1, -0.05) is 0 Å². The standard InChI is InChI=1S/C17H16BrNO4/c1-17(2)22-14-7-4-10(8-15(14)23-17)19-16(20)12-9-11(21-3)5-6-13(12)18/h4-9H,1-3H3,(H,19,20). The summed E-state index contributed by atoms with van der Waals surface area (Å²) >= 11 is 3.38. The molecule has 23 heavy (non-hydrogen) atoms. The molecule has 6 heteroatoms. The summed E-state index contributed by atoms with van der Waals surface area (Å²) in [5.74, 6) is 0.952. The zero-order valence-corrected chi connectivity index (χ0v) is 14.6. The summed E-state index contributed by atoms with van der Waals surface area (Å²) in [4.78, 5) is 12.5. The van der Waals surface area contributed by atoms with Crippen molar-refractivity contribution in [3.8, 4) is 17.2 Å². The summed E-state index contributed by atoms with van der Waals surface area (Å²) in [6.45, 7) is 3.66. The molecule has 3 rings (SSSR count). The van der Waals surface area contributed by atoms with Crippen LogP contribution in [0.1, 0.15) is 24.2 Å². The number of nitrogens with one attached hydrogen (secondary N) is 1. The summed E-state index contributed by atoms with van der Waals surface area (Å²) < 4.78 is 17.2. The number of anilines is 1. The molecule has 1 amide bonds. The quantitative estimate of drug-likeness (QED) is 0.869. The molecule has 1 aliphatic rings. The predicted molar refractivity (Wildman–Crippen MR) is 90.4 cm³/mol. The van der Waals surface area contributed by atoms with Gasteiger partial charge in [0.1, 0.15) is 5.75 Å². The molecule has 0 saturated heterocycles. The number of hydrogen-bond acceptors (Lipinski definition) is 4. The molecular weight excluding hydrogens is 362 g/mol. The van der Waals surface area contributed by atoms with E-state index in [0.717, 1.165) is 0 Å². The molecule has 2 aromatic carbocycles. The van der Waals surface area contributed by atoms with Crippen LogP contribution >= 0.6 is 15.9 Å². The molecule has 0 saturated carbocycles. The number of rotatable bonds is 3. The van der Waals surface area contributed by atoms with Crippen molar-refractivity contribution in [1.29, 1.82) is 0 Å². The fourth-order valence-corrected chi connectivity index (χ4v) is 2.73. The van der Waals surface area contributed by atoms with Crippen LogP contribution in [-0.2, 0) is 0 Å². The third kappa shape index (κ3) is 3.27. The van der Waals surface area contributed by atoms with Crippen LogP contribution in [0.4, 0.5) is 5.69 Å². The SMILES string of the molecule is COc1ccc(Br)c(C(=O)Nc2ccc3c(c2)OC(C)(C)O3)c1. The maximum absolute atomic E-state index is 12.5. The van der Waals surface area contributed by atoms with Gasteiger partial charge in [0.25, 0.3) is 5.91 Å². The fourth-order valence-electron chi connectivity index (χ4n) is 2.30. The van der Waals surface area contributed by atoms with E-state index in [2.05, 4.69) is 21.2 Å². The summed E-state index contributed by atoms with van der Waals surface area (Å²) in [7, 11) is 1.56. The van der Waals surface area contributed by atoms with Gasteiger partial charge in [-0.15, -0.1) is 0 Å². The van der Waals surface area contributed by atoms with E-state index < -0.39 is 5.79 Å². The molecular formula is C17H16BrNO4. The molecule has 1 heterocycles. The van der Waals surface area contributed by atoms with Crippen LogP contribution in [0.3, 0.4) is 0 Å². The van der Waals surface area contributed by atoms with Gasteiger partial charge < -0.3 is 19.5 Å². The molecule has 0 aliphatic carbocycles. The van der Waals surface area contributed by atoms with Gasteiger partial charge in [-0.05, 0) is 46.3 Å². The molecule has 0 unspecified atom stereocenters. The van der Waals surface area contributed by atoms with E-state index in [1.54, 1.807) is 43.5 Å². The van der Waals surface area contributed by atoms with Crippen molar-refractivity contribution in [3.05, 3.63) is 46.4 Å². The Morgan fingerprint density at radius 1 is 1.13 bits per heavy atom. The average molecular weight is 378 g/mol. The van der Waals surface area contributed by atoms with Crippen LogP contribution in [0.2, 0.25) is 0 Å². The van der Waals surface area contributed by atoms with E-state index >= 15 is 0 Å². The smallest absolute Gasteiger partial charge is 0.256 e. The van der Waals surface area contributed by atoms with Gasteiger partial charge in [-0.3, -0.25) is 4.79 Å². The first-order valence-electron chi connectivity index (χ1n) is 7.05. The van der Waals surface area contributed by atoms with E-state index in [1.807, 2.05) is 13.8 Å². The molecule has 0 aromatic heterocycles. The molecule has 5 nitrogen and oxygen atoms in total. The Bertz CT molecular complexity index is 773. The van der Waals surface area contributed by atoms with Crippen LogP contribution < -0.4 is 19.5 Å². The molecule has 0 bridgehead atoms. The number of amides is 1. The zero-order chi connectivity index (χ0) is 16.6. The zero-order valence-electron chi connectivity index (χ0n) is 13.0. The number of fused-ring (bicyclic) bond motifs is 1. The van der Waals surface area contributed by atoms with E-state index in [-0.39, 0.29) is 5.91 Å². The van der Waals surface area contributed by atoms with Crippen LogP contribution in [0.25, 0.3) is 0 Å². The number of halogens is 1. The summed E-state index contributed by atoms with van der Waals surface area (Å²) in [5.41, 5.74) is 1.12. The number of benzene rings is 2. The largest absolute Gasteiger partial charge is 0.497 e. The average Bonchev–Trinajstić information content (AvgIpc) is 2.80. The monoisotopic (exact) mass is 377 g/mol. The normalized spacial score (nSPS) is 14.4. The molecule has 2 aromatic rings. The highest BCUT2D eigenvalue weighted by atomic mass is 79.9. The van der Waals surface area contributed by atoms with Gasteiger partial charge in [0, 0.05) is 30.1 Å². The van der Waals surface area contributed by atoms with Gasteiger partial charge in [-0.25, -0.2) is 0 Å². The first-order valence-corrected chi connectivity index (χ1v) is 7.84. The maximum atomic E-state index is 12.5. The van der Waals surface area contributed by atoms with E-state index in [0.29, 0.717) is 33.0 Å². The van der Waals surface area contributed by atoms with Crippen molar-refractivity contribution < 1.29 is 19.0 Å². The van der Waals surface area contributed by atoms with E-state index in [4.69, 9.17) is 14.2 Å². The van der Waals surface area contributed by atoms with Gasteiger partial charge in [0.2, 0.25) is 5.79 Å². The third-order valence-corrected chi connectivity index (χ3v) is 4.02. The van der Waals surface area contributed by atoms with Crippen LogP contribution in [-0.4, -0.2) is 18.8 Å². The Hall–Kier alpha value is -2.21. The van der Waals surface area contributed by atoms with Crippen molar-refractivity contribution in [1.82, 2.24) is 0 Å². The molecule has 0 spiro atoms. The van der Waals surface area contributed by atoms with Gasteiger partial charge in [0.05, 0.1) is 12.7 Å². The summed E-state index contributed by atoms with van der Waals surface area (Å²) in [6, 6.07) is 10.5. The lowest BCUT2D eigenvalue weighted by atomic mass is 10.2. The first kappa shape index (κ1) is 15.7. The second-order valence-electron chi connectivity index (χ2n) is 5.57. The van der Waals surface area contributed by atoms with Crippen molar-refractivity contribution in [2.24, 2.45) is 0 Å². The van der Waals surface area contributed by atoms with Crippen LogP contribution in [0.5, 0.6) is 17.2 Å². The topological polar surface area (TPSA) is 56.8 Å². The molecule has 0 radical (unpaired) electrons. The Morgan fingerprint density at radius 3 is 2.61 bits per heavy atom. The number of carbonyl (C=O) groups excluding carboxylic acids is 1. The molecule has 120 valence electrons. The minimum Gasteiger partial charge on any atom is -0.497 e.